The van der Waals surface area contributed by atoms with Gasteiger partial charge in [0.25, 0.3) is 0 Å². The van der Waals surface area contributed by atoms with Crippen molar-refractivity contribution in [3.63, 3.8) is 0 Å². The van der Waals surface area contributed by atoms with Crippen molar-refractivity contribution in [1.29, 1.82) is 0 Å². The molecule has 1 amide bonds. The molecule has 0 spiro atoms. The van der Waals surface area contributed by atoms with Gasteiger partial charge in [-0.15, -0.1) is 24.0 Å². The van der Waals surface area contributed by atoms with Gasteiger partial charge in [-0.25, -0.2) is 0 Å². The summed E-state index contributed by atoms with van der Waals surface area (Å²) in [6, 6.07) is 15.9. The van der Waals surface area contributed by atoms with E-state index in [1.165, 1.54) is 0 Å². The molecule has 29 heavy (non-hydrogen) atoms. The molecule has 0 bridgehead atoms. The predicted octanol–water partition coefficient (Wildman–Crippen LogP) is 4.57. The first-order valence-electron chi connectivity index (χ1n) is 9.81. The summed E-state index contributed by atoms with van der Waals surface area (Å²) in [7, 11) is 0. The van der Waals surface area contributed by atoms with Gasteiger partial charge in [0.2, 0.25) is 5.91 Å². The Morgan fingerprint density at radius 1 is 1.17 bits per heavy atom. The summed E-state index contributed by atoms with van der Waals surface area (Å²) in [4.78, 5) is 16.7. The zero-order valence-electron chi connectivity index (χ0n) is 16.6. The lowest BCUT2D eigenvalue weighted by Crippen LogP contribution is -2.38. The minimum absolute atomic E-state index is 0. The lowest BCUT2D eigenvalue weighted by Gasteiger charge is -2.24. The fraction of sp³-hybridized carbons (Fsp3) is 0.364. The molecular weight excluding hydrogens is 499 g/mol. The zero-order valence-corrected chi connectivity index (χ0v) is 19.7. The number of aryl methyl sites for hydroxylation is 1. The molecule has 1 unspecified atom stereocenters. The van der Waals surface area contributed by atoms with E-state index in [4.69, 9.17) is 16.6 Å². The van der Waals surface area contributed by atoms with Gasteiger partial charge in [-0.1, -0.05) is 48.0 Å². The summed E-state index contributed by atoms with van der Waals surface area (Å²) in [6.07, 6.45) is 2.34. The van der Waals surface area contributed by atoms with Crippen LogP contribution in [0.2, 0.25) is 5.02 Å². The highest BCUT2D eigenvalue weighted by Gasteiger charge is 2.24. The summed E-state index contributed by atoms with van der Waals surface area (Å²) in [5.41, 5.74) is 3.22. The Balaban J connectivity index is 0.00000300. The van der Waals surface area contributed by atoms with Gasteiger partial charge in [-0.2, -0.15) is 0 Å². The summed E-state index contributed by atoms with van der Waals surface area (Å²) < 4.78 is 0. The van der Waals surface area contributed by atoms with Crippen molar-refractivity contribution in [1.82, 2.24) is 10.6 Å². The quantitative estimate of drug-likeness (QED) is 0.214. The van der Waals surface area contributed by atoms with Crippen molar-refractivity contribution >= 4 is 53.1 Å². The van der Waals surface area contributed by atoms with Gasteiger partial charge in [-0.3, -0.25) is 9.79 Å². The first kappa shape index (κ1) is 23.5. The molecular formula is C22H28ClIN4O. The maximum atomic E-state index is 12.0. The molecule has 5 nitrogen and oxygen atoms in total. The minimum atomic E-state index is 0. The molecule has 7 heteroatoms. The minimum Gasteiger partial charge on any atom is -0.357 e. The number of hydrogen-bond acceptors (Lipinski definition) is 2. The number of nitrogens with zero attached hydrogens (tertiary/aromatic N) is 1. The van der Waals surface area contributed by atoms with Gasteiger partial charge in [-0.05, 0) is 43.0 Å². The maximum absolute atomic E-state index is 12.0. The molecule has 0 radical (unpaired) electrons. The highest BCUT2D eigenvalue weighted by molar-refractivity contribution is 14.0. The van der Waals surface area contributed by atoms with Crippen molar-refractivity contribution in [2.24, 2.45) is 4.99 Å². The predicted molar refractivity (Wildman–Crippen MR) is 132 cm³/mol. The number of halogens is 2. The number of rotatable bonds is 7. The van der Waals surface area contributed by atoms with Crippen molar-refractivity contribution < 1.29 is 4.79 Å². The fourth-order valence-electron chi connectivity index (χ4n) is 3.39. The second-order valence-corrected chi connectivity index (χ2v) is 7.29. The number of amides is 1. The monoisotopic (exact) mass is 526 g/mol. The second kappa shape index (κ2) is 12.0. The number of para-hydroxylation sites is 1. The molecule has 3 N–H and O–H groups in total. The molecule has 3 rings (SSSR count). The van der Waals surface area contributed by atoms with Crippen LogP contribution in [0.4, 0.5) is 5.69 Å². The molecule has 0 aromatic heterocycles. The molecule has 0 fully saturated rings. The second-order valence-electron chi connectivity index (χ2n) is 6.88. The van der Waals surface area contributed by atoms with Crippen LogP contribution in [0.5, 0.6) is 0 Å². The van der Waals surface area contributed by atoms with E-state index in [0.717, 1.165) is 53.7 Å². The van der Waals surface area contributed by atoms with E-state index in [-0.39, 0.29) is 35.8 Å². The normalized spacial score (nSPS) is 15.7. The van der Waals surface area contributed by atoms with Crippen LogP contribution < -0.4 is 16.0 Å². The van der Waals surface area contributed by atoms with E-state index < -0.39 is 0 Å². The standard InChI is InChI=1S/C22H27ClN4O.HI/c1-2-24-22(25-13-7-9-16-8-3-5-11-19(16)23)26-15-17-14-21(28)27-20-12-6-4-10-18(17)20;/h3-6,8,10-12,17H,2,7,9,13-15H2,1H3,(H,27,28)(H2,24,25,26);1H. The van der Waals surface area contributed by atoms with Gasteiger partial charge in [0, 0.05) is 36.1 Å². The molecule has 0 saturated heterocycles. The summed E-state index contributed by atoms with van der Waals surface area (Å²) in [5.74, 6) is 0.935. The van der Waals surface area contributed by atoms with Crippen LogP contribution in [0, 0.1) is 0 Å². The van der Waals surface area contributed by atoms with Gasteiger partial charge in [0.05, 0.1) is 6.54 Å². The topological polar surface area (TPSA) is 65.5 Å². The number of benzene rings is 2. The lowest BCUT2D eigenvalue weighted by atomic mass is 9.91. The average molecular weight is 527 g/mol. The summed E-state index contributed by atoms with van der Waals surface area (Å²) in [5, 5.41) is 10.4. The van der Waals surface area contributed by atoms with Gasteiger partial charge < -0.3 is 16.0 Å². The van der Waals surface area contributed by atoms with Crippen LogP contribution in [0.1, 0.15) is 36.8 Å². The Morgan fingerprint density at radius 2 is 1.93 bits per heavy atom. The maximum Gasteiger partial charge on any atom is 0.225 e. The van der Waals surface area contributed by atoms with Crippen LogP contribution in [0.15, 0.2) is 53.5 Å². The zero-order chi connectivity index (χ0) is 19.8. The third-order valence-electron chi connectivity index (χ3n) is 4.79. The number of carbonyl (C=O) groups is 1. The van der Waals surface area contributed by atoms with E-state index in [9.17, 15) is 4.79 Å². The van der Waals surface area contributed by atoms with E-state index in [1.807, 2.05) is 43.3 Å². The molecule has 0 saturated carbocycles. The van der Waals surface area contributed by atoms with E-state index in [0.29, 0.717) is 13.0 Å². The number of fused-ring (bicyclic) bond motifs is 1. The Kier molecular flexibility index (Phi) is 9.73. The number of carbonyl (C=O) groups excluding carboxylic acids is 1. The first-order chi connectivity index (χ1) is 13.7. The van der Waals surface area contributed by atoms with Crippen molar-refractivity contribution in [3.8, 4) is 0 Å². The Bertz CT molecular complexity index is 843. The Morgan fingerprint density at radius 3 is 2.72 bits per heavy atom. The number of anilines is 1. The van der Waals surface area contributed by atoms with Crippen molar-refractivity contribution in [2.75, 3.05) is 25.0 Å². The highest BCUT2D eigenvalue weighted by atomic mass is 127. The number of hydrogen-bond donors (Lipinski definition) is 3. The van der Waals surface area contributed by atoms with Gasteiger partial charge >= 0.3 is 0 Å². The molecule has 156 valence electrons. The van der Waals surface area contributed by atoms with Crippen LogP contribution >= 0.6 is 35.6 Å². The molecule has 1 atom stereocenters. The largest absolute Gasteiger partial charge is 0.357 e. The first-order valence-corrected chi connectivity index (χ1v) is 10.2. The molecule has 0 aliphatic carbocycles. The van der Waals surface area contributed by atoms with Crippen LogP contribution in [-0.4, -0.2) is 31.5 Å². The third-order valence-corrected chi connectivity index (χ3v) is 5.16. The summed E-state index contributed by atoms with van der Waals surface area (Å²) in [6.45, 7) is 4.21. The molecule has 2 aromatic carbocycles. The van der Waals surface area contributed by atoms with Crippen LogP contribution in [-0.2, 0) is 11.2 Å². The van der Waals surface area contributed by atoms with E-state index in [1.54, 1.807) is 0 Å². The molecule has 1 aliphatic rings. The number of aliphatic imine (C=N–C) groups is 1. The van der Waals surface area contributed by atoms with Crippen molar-refractivity contribution in [2.45, 2.75) is 32.1 Å². The molecule has 1 aliphatic heterocycles. The number of nitrogens with one attached hydrogen (secondary N) is 3. The Labute approximate surface area is 194 Å². The summed E-state index contributed by atoms with van der Waals surface area (Å²) >= 11 is 6.22. The van der Waals surface area contributed by atoms with Gasteiger partial charge in [0.15, 0.2) is 5.96 Å². The number of guanidine groups is 1. The highest BCUT2D eigenvalue weighted by Crippen LogP contribution is 2.31. The third kappa shape index (κ3) is 6.89. The Hall–Kier alpha value is -1.80. The van der Waals surface area contributed by atoms with Crippen LogP contribution in [0.25, 0.3) is 0 Å². The fourth-order valence-corrected chi connectivity index (χ4v) is 3.62. The molecule has 2 aromatic rings. The average Bonchev–Trinajstić information content (AvgIpc) is 2.70. The van der Waals surface area contributed by atoms with E-state index in [2.05, 4.69) is 28.1 Å². The van der Waals surface area contributed by atoms with E-state index >= 15 is 0 Å². The lowest BCUT2D eigenvalue weighted by molar-refractivity contribution is -0.116. The smallest absolute Gasteiger partial charge is 0.225 e. The molecule has 1 heterocycles. The van der Waals surface area contributed by atoms with Crippen molar-refractivity contribution in [3.05, 3.63) is 64.7 Å². The van der Waals surface area contributed by atoms with Crippen LogP contribution in [0.3, 0.4) is 0 Å². The van der Waals surface area contributed by atoms with Gasteiger partial charge in [0.1, 0.15) is 0 Å². The SMILES string of the molecule is CCNC(=NCC1CC(=O)Nc2ccccc21)NCCCc1ccccc1Cl.I.